The van der Waals surface area contributed by atoms with E-state index in [0.717, 1.165) is 31.5 Å². The number of piperidine rings is 2. The summed E-state index contributed by atoms with van der Waals surface area (Å²) < 4.78 is 5.77. The lowest BCUT2D eigenvalue weighted by Crippen LogP contribution is -2.40. The van der Waals surface area contributed by atoms with Gasteiger partial charge in [0, 0.05) is 19.2 Å². The number of benzene rings is 1. The van der Waals surface area contributed by atoms with E-state index in [1.54, 1.807) is 6.07 Å². The largest absolute Gasteiger partial charge is 0.451 e. The summed E-state index contributed by atoms with van der Waals surface area (Å²) in [6.07, 6.45) is 7.36. The van der Waals surface area contributed by atoms with Crippen LogP contribution in [0.15, 0.2) is 33.5 Å². The van der Waals surface area contributed by atoms with Gasteiger partial charge in [0.05, 0.1) is 5.39 Å². The highest BCUT2D eigenvalue weighted by Crippen LogP contribution is 2.23. The Hall–Kier alpha value is -1.85. The molecule has 2 fully saturated rings. The number of aryl methyl sites for hydroxylation is 1. The number of carbonyl (C=O) groups is 1. The number of nitrogens with zero attached hydrogens (tertiary/aromatic N) is 2. The number of amides is 1. The normalized spacial score (nSPS) is 18.6. The van der Waals surface area contributed by atoms with Crippen molar-refractivity contribution >= 4 is 29.3 Å². The third-order valence-corrected chi connectivity index (χ3v) is 6.30. The molecule has 0 spiro atoms. The van der Waals surface area contributed by atoms with Gasteiger partial charge >= 0.3 is 0 Å². The van der Waals surface area contributed by atoms with Crippen LogP contribution in [0.4, 0.5) is 0 Å². The molecule has 2 saturated heterocycles. The third-order valence-electron chi connectivity index (χ3n) is 6.30. The van der Waals surface area contributed by atoms with Gasteiger partial charge in [-0.05, 0) is 76.7 Å². The zero-order chi connectivity index (χ0) is 19.5. The Bertz CT molecular complexity index is 897. The highest BCUT2D eigenvalue weighted by molar-refractivity contribution is 5.93. The van der Waals surface area contributed by atoms with Crippen LogP contribution in [0.5, 0.6) is 0 Å². The summed E-state index contributed by atoms with van der Waals surface area (Å²) in [7, 11) is 0. The van der Waals surface area contributed by atoms with E-state index in [0.29, 0.717) is 16.9 Å². The second kappa shape index (κ2) is 9.77. The van der Waals surface area contributed by atoms with Gasteiger partial charge in [0.2, 0.25) is 0 Å². The van der Waals surface area contributed by atoms with Crippen LogP contribution < -0.4 is 5.43 Å². The molecule has 6 heteroatoms. The number of halogens is 1. The van der Waals surface area contributed by atoms with Gasteiger partial charge < -0.3 is 14.2 Å². The molecule has 1 aromatic carbocycles. The van der Waals surface area contributed by atoms with E-state index in [1.165, 1.54) is 51.4 Å². The van der Waals surface area contributed by atoms with Crippen molar-refractivity contribution in [1.82, 2.24) is 9.80 Å². The van der Waals surface area contributed by atoms with Gasteiger partial charge in [0.25, 0.3) is 5.91 Å². The topological polar surface area (TPSA) is 53.8 Å². The molecule has 2 aliphatic heterocycles. The van der Waals surface area contributed by atoms with E-state index in [2.05, 4.69) is 4.90 Å². The Morgan fingerprint density at radius 1 is 1.07 bits per heavy atom. The first-order valence-electron chi connectivity index (χ1n) is 10.7. The molecule has 0 atom stereocenters. The highest BCUT2D eigenvalue weighted by Gasteiger charge is 2.26. The number of fused-ring (bicyclic) bond motifs is 1. The van der Waals surface area contributed by atoms with E-state index in [1.807, 2.05) is 24.0 Å². The number of hydrogen-bond acceptors (Lipinski definition) is 4. The number of rotatable bonds is 4. The van der Waals surface area contributed by atoms with E-state index in [4.69, 9.17) is 4.42 Å². The first-order chi connectivity index (χ1) is 13.6. The predicted octanol–water partition coefficient (Wildman–Crippen LogP) is 4.25. The Morgan fingerprint density at radius 2 is 1.79 bits per heavy atom. The van der Waals surface area contributed by atoms with Crippen molar-refractivity contribution in [1.29, 1.82) is 0 Å². The maximum Gasteiger partial charge on any atom is 0.289 e. The summed E-state index contributed by atoms with van der Waals surface area (Å²) in [5.41, 5.74) is 1.34. The summed E-state index contributed by atoms with van der Waals surface area (Å²) in [6, 6.07) is 6.83. The van der Waals surface area contributed by atoms with Crippen molar-refractivity contribution in [3.63, 3.8) is 0 Å². The minimum Gasteiger partial charge on any atom is -0.451 e. The monoisotopic (exact) mass is 418 g/mol. The minimum absolute atomic E-state index is 0. The molecule has 4 rings (SSSR count). The molecule has 0 unspecified atom stereocenters. The Balaban J connectivity index is 0.00000240. The summed E-state index contributed by atoms with van der Waals surface area (Å²) in [4.78, 5) is 29.7. The molecule has 5 nitrogen and oxygen atoms in total. The fraction of sp³-hybridized carbons (Fsp3) is 0.565. The summed E-state index contributed by atoms with van der Waals surface area (Å²) >= 11 is 0. The van der Waals surface area contributed by atoms with Gasteiger partial charge in [-0.2, -0.15) is 0 Å². The Morgan fingerprint density at radius 3 is 2.52 bits per heavy atom. The van der Waals surface area contributed by atoms with Gasteiger partial charge in [-0.3, -0.25) is 9.59 Å². The van der Waals surface area contributed by atoms with Crippen LogP contribution in [0.25, 0.3) is 11.0 Å². The average Bonchev–Trinajstić information content (AvgIpc) is 2.73. The standard InChI is InChI=1S/C23H30N2O3.ClH/c1-17-5-6-21-19(15-17)20(26)16-22(28-21)23(27)25-13-8-18(9-14-25)7-12-24-10-3-2-4-11-24;/h5-6,15-16,18H,2-4,7-14H2,1H3;1H. The van der Waals surface area contributed by atoms with Crippen molar-refractivity contribution < 1.29 is 9.21 Å². The van der Waals surface area contributed by atoms with E-state index in [9.17, 15) is 9.59 Å². The molecule has 0 aliphatic carbocycles. The molecule has 158 valence electrons. The minimum atomic E-state index is -0.158. The molecule has 2 aliphatic rings. The molecule has 1 amide bonds. The SMILES string of the molecule is Cc1ccc2oc(C(=O)N3CCC(CCN4CCCCC4)CC3)cc(=O)c2c1.Cl. The molecule has 1 aromatic heterocycles. The van der Waals surface area contributed by atoms with Crippen LogP contribution in [-0.4, -0.2) is 48.4 Å². The van der Waals surface area contributed by atoms with Gasteiger partial charge in [-0.25, -0.2) is 0 Å². The fourth-order valence-corrected chi connectivity index (χ4v) is 4.50. The first kappa shape index (κ1) is 21.8. The van der Waals surface area contributed by atoms with Gasteiger partial charge in [0.15, 0.2) is 11.2 Å². The van der Waals surface area contributed by atoms with Crippen LogP contribution in [0.2, 0.25) is 0 Å². The zero-order valence-electron chi connectivity index (χ0n) is 17.2. The van der Waals surface area contributed by atoms with Crippen LogP contribution in [0, 0.1) is 12.8 Å². The van der Waals surface area contributed by atoms with Crippen molar-refractivity contribution in [3.8, 4) is 0 Å². The molecule has 0 saturated carbocycles. The van der Waals surface area contributed by atoms with E-state index >= 15 is 0 Å². The van der Waals surface area contributed by atoms with Crippen LogP contribution in [0.1, 0.15) is 54.6 Å². The zero-order valence-corrected chi connectivity index (χ0v) is 18.0. The molecule has 2 aromatic rings. The summed E-state index contributed by atoms with van der Waals surface area (Å²) in [5, 5.41) is 0.535. The number of hydrogen-bond donors (Lipinski definition) is 0. The van der Waals surface area contributed by atoms with E-state index in [-0.39, 0.29) is 29.5 Å². The van der Waals surface area contributed by atoms with Crippen LogP contribution >= 0.6 is 12.4 Å². The Kier molecular flexibility index (Phi) is 7.36. The summed E-state index contributed by atoms with van der Waals surface area (Å²) in [6.45, 7) is 7.12. The van der Waals surface area contributed by atoms with Gasteiger partial charge in [0.1, 0.15) is 5.58 Å². The molecule has 29 heavy (non-hydrogen) atoms. The van der Waals surface area contributed by atoms with Crippen molar-refractivity contribution in [2.24, 2.45) is 5.92 Å². The summed E-state index contributed by atoms with van der Waals surface area (Å²) in [5.74, 6) is 0.694. The van der Waals surface area contributed by atoms with Gasteiger partial charge in [-0.15, -0.1) is 12.4 Å². The quantitative estimate of drug-likeness (QED) is 0.744. The first-order valence-corrected chi connectivity index (χ1v) is 10.7. The van der Waals surface area contributed by atoms with Crippen molar-refractivity contribution in [3.05, 3.63) is 45.8 Å². The van der Waals surface area contributed by atoms with E-state index < -0.39 is 0 Å². The molecular formula is C23H31ClN2O3. The van der Waals surface area contributed by atoms with Gasteiger partial charge in [-0.1, -0.05) is 18.1 Å². The lowest BCUT2D eigenvalue weighted by molar-refractivity contribution is 0.0648. The van der Waals surface area contributed by atoms with Crippen molar-refractivity contribution in [2.75, 3.05) is 32.7 Å². The second-order valence-corrected chi connectivity index (χ2v) is 8.40. The lowest BCUT2D eigenvalue weighted by Gasteiger charge is -2.33. The van der Waals surface area contributed by atoms with Crippen molar-refractivity contribution in [2.45, 2.75) is 45.4 Å². The molecular weight excluding hydrogens is 388 g/mol. The number of likely N-dealkylation sites (tertiary alicyclic amines) is 2. The maximum absolute atomic E-state index is 12.9. The lowest BCUT2D eigenvalue weighted by atomic mass is 9.93. The smallest absolute Gasteiger partial charge is 0.289 e. The van der Waals surface area contributed by atoms with Crippen LogP contribution in [-0.2, 0) is 0 Å². The molecule has 0 bridgehead atoms. The molecule has 3 heterocycles. The second-order valence-electron chi connectivity index (χ2n) is 8.40. The highest BCUT2D eigenvalue weighted by atomic mass is 35.5. The average molecular weight is 419 g/mol. The molecule has 0 N–H and O–H groups in total. The Labute approximate surface area is 178 Å². The fourth-order valence-electron chi connectivity index (χ4n) is 4.50. The number of carbonyl (C=O) groups excluding carboxylic acids is 1. The maximum atomic E-state index is 12.9. The predicted molar refractivity (Wildman–Crippen MR) is 118 cm³/mol. The molecule has 0 radical (unpaired) electrons. The van der Waals surface area contributed by atoms with Crippen LogP contribution in [0.3, 0.4) is 0 Å². The third kappa shape index (κ3) is 5.20.